The van der Waals surface area contributed by atoms with E-state index in [4.69, 9.17) is 0 Å². The van der Waals surface area contributed by atoms with E-state index in [1.165, 1.54) is 0 Å². The monoisotopic (exact) mass is 321 g/mol. The summed E-state index contributed by atoms with van der Waals surface area (Å²) in [6.45, 7) is 10.5. The number of aromatic nitrogens is 2. The molecule has 0 saturated carbocycles. The Labute approximate surface area is 137 Å². The van der Waals surface area contributed by atoms with E-state index in [2.05, 4.69) is 15.3 Å². The molecule has 2 amide bonds. The fourth-order valence-corrected chi connectivity index (χ4v) is 2.86. The maximum absolute atomic E-state index is 12.5. The first-order valence-corrected chi connectivity index (χ1v) is 8.24. The maximum Gasteiger partial charge on any atom is 0.242 e. The van der Waals surface area contributed by atoms with Crippen molar-refractivity contribution >= 4 is 17.6 Å². The van der Waals surface area contributed by atoms with Crippen LogP contribution in [0.1, 0.15) is 40.2 Å². The van der Waals surface area contributed by atoms with Gasteiger partial charge in [-0.05, 0) is 27.2 Å². The Bertz CT molecular complexity index is 554. The molecule has 2 heterocycles. The van der Waals surface area contributed by atoms with Gasteiger partial charge in [0.15, 0.2) is 0 Å². The molecule has 128 valence electrons. The number of hydrogen-bond acceptors (Lipinski definition) is 4. The van der Waals surface area contributed by atoms with Gasteiger partial charge in [-0.1, -0.05) is 0 Å². The third kappa shape index (κ3) is 4.31. The van der Waals surface area contributed by atoms with E-state index in [-0.39, 0.29) is 23.9 Å². The molecule has 1 aromatic rings. The molecule has 23 heavy (non-hydrogen) atoms. The highest BCUT2D eigenvalue weighted by Crippen LogP contribution is 2.15. The molecule has 2 rings (SSSR count). The smallest absolute Gasteiger partial charge is 0.242 e. The fourth-order valence-electron chi connectivity index (χ4n) is 2.86. The number of rotatable bonds is 4. The number of nitrogens with one attached hydrogen (secondary N) is 1. The largest absolute Gasteiger partial charge is 0.342 e. The van der Waals surface area contributed by atoms with Gasteiger partial charge in [-0.25, -0.2) is 4.68 Å². The van der Waals surface area contributed by atoms with E-state index in [1.54, 1.807) is 17.8 Å². The lowest BCUT2D eigenvalue weighted by Crippen LogP contribution is -2.44. The Balaban J connectivity index is 1.96. The summed E-state index contributed by atoms with van der Waals surface area (Å²) in [4.78, 5) is 28.0. The van der Waals surface area contributed by atoms with Crippen molar-refractivity contribution in [1.29, 1.82) is 0 Å². The topological polar surface area (TPSA) is 70.5 Å². The molecule has 0 aliphatic carbocycles. The standard InChI is InChI=1S/C16H27N5O2/c1-12(2)21-15(6-7-17-21)18-16(23)13(3)19-8-5-9-20(11-10-19)14(4)22/h6-7,12-13H,5,8-11H2,1-4H3,(H,18,23)/t13-/m0/s1. The van der Waals surface area contributed by atoms with Gasteiger partial charge < -0.3 is 10.2 Å². The van der Waals surface area contributed by atoms with Crippen molar-refractivity contribution in [2.24, 2.45) is 0 Å². The van der Waals surface area contributed by atoms with Crippen LogP contribution >= 0.6 is 0 Å². The highest BCUT2D eigenvalue weighted by atomic mass is 16.2. The number of hydrogen-bond donors (Lipinski definition) is 1. The quantitative estimate of drug-likeness (QED) is 0.908. The normalized spacial score (nSPS) is 17.9. The average Bonchev–Trinajstić information content (AvgIpc) is 2.81. The highest BCUT2D eigenvalue weighted by Gasteiger charge is 2.25. The van der Waals surface area contributed by atoms with Gasteiger partial charge in [0.25, 0.3) is 0 Å². The average molecular weight is 321 g/mol. The van der Waals surface area contributed by atoms with Crippen molar-refractivity contribution in [3.05, 3.63) is 12.3 Å². The van der Waals surface area contributed by atoms with Gasteiger partial charge in [-0.15, -0.1) is 0 Å². The molecule has 0 spiro atoms. The predicted octanol–water partition coefficient (Wildman–Crippen LogP) is 1.35. The number of anilines is 1. The maximum atomic E-state index is 12.5. The zero-order valence-electron chi connectivity index (χ0n) is 14.5. The Morgan fingerprint density at radius 3 is 2.57 bits per heavy atom. The summed E-state index contributed by atoms with van der Waals surface area (Å²) in [5, 5.41) is 7.19. The lowest BCUT2D eigenvalue weighted by molar-refractivity contribution is -0.128. The predicted molar refractivity (Wildman–Crippen MR) is 89.1 cm³/mol. The van der Waals surface area contributed by atoms with Crippen LogP contribution in [0.15, 0.2) is 12.3 Å². The Hall–Kier alpha value is -1.89. The summed E-state index contributed by atoms with van der Waals surface area (Å²) in [6, 6.07) is 1.76. The molecule has 1 aromatic heterocycles. The van der Waals surface area contributed by atoms with Crippen molar-refractivity contribution < 1.29 is 9.59 Å². The van der Waals surface area contributed by atoms with E-state index < -0.39 is 0 Å². The van der Waals surface area contributed by atoms with Crippen LogP contribution in [0, 0.1) is 0 Å². The first-order valence-electron chi connectivity index (χ1n) is 8.24. The second-order valence-electron chi connectivity index (χ2n) is 6.32. The molecule has 0 radical (unpaired) electrons. The molecular weight excluding hydrogens is 294 g/mol. The fraction of sp³-hybridized carbons (Fsp3) is 0.688. The Morgan fingerprint density at radius 1 is 1.17 bits per heavy atom. The van der Waals surface area contributed by atoms with Crippen LogP contribution in [0.25, 0.3) is 0 Å². The molecule has 1 aliphatic rings. The minimum absolute atomic E-state index is 0.0383. The van der Waals surface area contributed by atoms with Gasteiger partial charge in [0.1, 0.15) is 5.82 Å². The second-order valence-corrected chi connectivity index (χ2v) is 6.32. The molecule has 7 heteroatoms. The van der Waals surface area contributed by atoms with E-state index in [0.29, 0.717) is 6.54 Å². The molecule has 1 N–H and O–H groups in total. The molecule has 0 unspecified atom stereocenters. The first kappa shape index (κ1) is 17.5. The van der Waals surface area contributed by atoms with Crippen LogP contribution in [-0.2, 0) is 9.59 Å². The number of carbonyl (C=O) groups is 2. The van der Waals surface area contributed by atoms with E-state index in [0.717, 1.165) is 31.9 Å². The molecule has 1 aliphatic heterocycles. The van der Waals surface area contributed by atoms with Crippen molar-refractivity contribution in [1.82, 2.24) is 19.6 Å². The third-order valence-electron chi connectivity index (χ3n) is 4.31. The van der Waals surface area contributed by atoms with E-state index in [1.807, 2.05) is 31.7 Å². The van der Waals surface area contributed by atoms with Crippen LogP contribution in [0.3, 0.4) is 0 Å². The third-order valence-corrected chi connectivity index (χ3v) is 4.31. The van der Waals surface area contributed by atoms with Crippen LogP contribution in [0.4, 0.5) is 5.82 Å². The van der Waals surface area contributed by atoms with Gasteiger partial charge in [0.05, 0.1) is 12.2 Å². The highest BCUT2D eigenvalue weighted by molar-refractivity contribution is 5.93. The van der Waals surface area contributed by atoms with Gasteiger partial charge in [0.2, 0.25) is 11.8 Å². The minimum Gasteiger partial charge on any atom is -0.342 e. The number of nitrogens with zero attached hydrogens (tertiary/aromatic N) is 4. The lowest BCUT2D eigenvalue weighted by atomic mass is 10.2. The minimum atomic E-state index is -0.238. The van der Waals surface area contributed by atoms with Crippen molar-refractivity contribution in [3.8, 4) is 0 Å². The van der Waals surface area contributed by atoms with Crippen LogP contribution in [0.5, 0.6) is 0 Å². The Kier molecular flexibility index (Phi) is 5.76. The second kappa shape index (κ2) is 7.59. The van der Waals surface area contributed by atoms with Gasteiger partial charge in [-0.3, -0.25) is 14.5 Å². The Morgan fingerprint density at radius 2 is 1.91 bits per heavy atom. The summed E-state index contributed by atoms with van der Waals surface area (Å²) in [5.74, 6) is 0.783. The summed E-state index contributed by atoms with van der Waals surface area (Å²) in [5.41, 5.74) is 0. The van der Waals surface area contributed by atoms with Crippen molar-refractivity contribution in [3.63, 3.8) is 0 Å². The molecule has 7 nitrogen and oxygen atoms in total. The van der Waals surface area contributed by atoms with Gasteiger partial charge in [0, 0.05) is 45.2 Å². The van der Waals surface area contributed by atoms with Gasteiger partial charge in [-0.2, -0.15) is 5.10 Å². The molecule has 0 bridgehead atoms. The van der Waals surface area contributed by atoms with Crippen molar-refractivity contribution in [2.75, 3.05) is 31.5 Å². The van der Waals surface area contributed by atoms with Crippen molar-refractivity contribution in [2.45, 2.75) is 46.2 Å². The van der Waals surface area contributed by atoms with Crippen LogP contribution < -0.4 is 5.32 Å². The molecule has 1 atom stereocenters. The number of amides is 2. The summed E-state index contributed by atoms with van der Waals surface area (Å²) in [6.07, 6.45) is 2.58. The summed E-state index contributed by atoms with van der Waals surface area (Å²) >= 11 is 0. The zero-order chi connectivity index (χ0) is 17.0. The SMILES string of the molecule is CC(=O)N1CCCN([C@@H](C)C(=O)Nc2ccnn2C(C)C)CC1. The van der Waals surface area contributed by atoms with Crippen LogP contribution in [0.2, 0.25) is 0 Å². The molecular formula is C16H27N5O2. The van der Waals surface area contributed by atoms with Gasteiger partial charge >= 0.3 is 0 Å². The molecule has 1 saturated heterocycles. The number of carbonyl (C=O) groups excluding carboxylic acids is 2. The van der Waals surface area contributed by atoms with E-state index in [9.17, 15) is 9.59 Å². The van der Waals surface area contributed by atoms with Crippen LogP contribution in [-0.4, -0.2) is 63.6 Å². The zero-order valence-corrected chi connectivity index (χ0v) is 14.5. The summed E-state index contributed by atoms with van der Waals surface area (Å²) in [7, 11) is 0. The lowest BCUT2D eigenvalue weighted by Gasteiger charge is -2.27. The molecule has 1 fully saturated rings. The summed E-state index contributed by atoms with van der Waals surface area (Å²) < 4.78 is 1.80. The first-order chi connectivity index (χ1) is 10.9. The molecule has 0 aromatic carbocycles. The van der Waals surface area contributed by atoms with E-state index >= 15 is 0 Å².